The summed E-state index contributed by atoms with van der Waals surface area (Å²) < 4.78 is 0. The molecule has 0 aromatic rings. The summed E-state index contributed by atoms with van der Waals surface area (Å²) in [6.45, 7) is 0. The molecule has 0 radical (unpaired) electrons. The van der Waals surface area contributed by atoms with Gasteiger partial charge in [-0.3, -0.25) is 0 Å². The van der Waals surface area contributed by atoms with Gasteiger partial charge < -0.3 is 50.5 Å². The Balaban J connectivity index is -0.0000000270. The first kappa shape index (κ1) is 29.5. The molecule has 0 aliphatic heterocycles. The fraction of sp³-hybridized carbons (Fsp3) is 0. The van der Waals surface area contributed by atoms with Crippen LogP contribution in [0.4, 0.5) is 14.4 Å². The average molecular weight is 228 g/mol. The molecule has 0 spiro atoms. The van der Waals surface area contributed by atoms with Crippen LogP contribution in [0.2, 0.25) is 0 Å². The largest absolute Gasteiger partial charge is 3.00 e. The standard InChI is InChI=1S/3CH2O3.Al.H2O/c3*2-1(3)4;;/h3*(H2,2,3,4);;1H2/q;;;+3;/p-3. The van der Waals surface area contributed by atoms with Gasteiger partial charge in [-0.1, -0.05) is 0 Å². The molecule has 0 saturated carbocycles. The van der Waals surface area contributed by atoms with E-state index in [-0.39, 0.29) is 22.8 Å². The second-order valence-corrected chi connectivity index (χ2v) is 0.798. The fourth-order valence-electron chi connectivity index (χ4n) is 0. The molecule has 0 atom stereocenters. The summed E-state index contributed by atoms with van der Waals surface area (Å²) in [7, 11) is 0. The van der Waals surface area contributed by atoms with Crippen LogP contribution in [0.25, 0.3) is 0 Å². The van der Waals surface area contributed by atoms with Gasteiger partial charge in [0.2, 0.25) is 18.5 Å². The van der Waals surface area contributed by atoms with Crippen molar-refractivity contribution in [1.29, 1.82) is 0 Å². The molecule has 80 valence electrons. The van der Waals surface area contributed by atoms with Gasteiger partial charge in [0.05, 0.1) is 0 Å². The number of carbonyl (C=O) groups is 3. The van der Waals surface area contributed by atoms with Crippen LogP contribution in [0, 0.1) is 0 Å². The first-order chi connectivity index (χ1) is 5.20. The van der Waals surface area contributed by atoms with Crippen molar-refractivity contribution in [2.75, 3.05) is 0 Å². The van der Waals surface area contributed by atoms with Crippen molar-refractivity contribution in [2.24, 2.45) is 0 Å². The summed E-state index contributed by atoms with van der Waals surface area (Å²) >= 11 is 0. The molecule has 0 bridgehead atoms. The van der Waals surface area contributed by atoms with Crippen LogP contribution in [-0.4, -0.2) is 56.6 Å². The summed E-state index contributed by atoms with van der Waals surface area (Å²) in [5, 5.41) is 45.9. The van der Waals surface area contributed by atoms with Crippen molar-refractivity contribution in [3.05, 3.63) is 0 Å². The third-order valence-electron chi connectivity index (χ3n) is 0. The number of hydrogen-bond acceptors (Lipinski definition) is 6. The first-order valence-electron chi connectivity index (χ1n) is 1.90. The van der Waals surface area contributed by atoms with E-state index in [9.17, 15) is 0 Å². The molecule has 10 nitrogen and oxygen atoms in total. The molecule has 0 saturated heterocycles. The maximum atomic E-state index is 8.44. The normalized spacial score (nSPS) is 5.14. The Morgan fingerprint density at radius 3 is 0.714 bits per heavy atom. The van der Waals surface area contributed by atoms with E-state index in [0.29, 0.717) is 0 Å². The summed E-state index contributed by atoms with van der Waals surface area (Å²) in [5.74, 6) is 0. The monoisotopic (exact) mass is 228 g/mol. The summed E-state index contributed by atoms with van der Waals surface area (Å²) in [6, 6.07) is 0. The molecule has 0 heterocycles. The Bertz CT molecular complexity index is 113. The summed E-state index contributed by atoms with van der Waals surface area (Å²) in [5.41, 5.74) is 0. The Hall–Kier alpha value is -1.70. The molecule has 14 heavy (non-hydrogen) atoms. The predicted molar refractivity (Wildman–Crippen MR) is 33.4 cm³/mol. The number of carboxylic acid groups (broad SMARTS) is 6. The second kappa shape index (κ2) is 22.5. The zero-order valence-corrected chi connectivity index (χ0v) is 7.52. The van der Waals surface area contributed by atoms with Crippen molar-refractivity contribution in [1.82, 2.24) is 0 Å². The molecular weight excluding hydrogens is 223 g/mol. The summed E-state index contributed by atoms with van der Waals surface area (Å²) in [4.78, 5) is 25.3. The van der Waals surface area contributed by atoms with Crippen LogP contribution in [0.1, 0.15) is 0 Å². The maximum Gasteiger partial charge on any atom is 3.00 e. The molecule has 11 heteroatoms. The maximum absolute atomic E-state index is 8.44. The van der Waals surface area contributed by atoms with Gasteiger partial charge in [-0.15, -0.1) is 0 Å². The van der Waals surface area contributed by atoms with Crippen LogP contribution >= 0.6 is 0 Å². The molecule has 0 aliphatic carbocycles. The molecule has 0 rings (SSSR count). The van der Waals surface area contributed by atoms with Gasteiger partial charge in [0.1, 0.15) is 0 Å². The van der Waals surface area contributed by atoms with Crippen molar-refractivity contribution in [3.8, 4) is 0 Å². The van der Waals surface area contributed by atoms with Crippen LogP contribution < -0.4 is 15.3 Å². The van der Waals surface area contributed by atoms with E-state index in [2.05, 4.69) is 0 Å². The quantitative estimate of drug-likeness (QED) is 0.339. The van der Waals surface area contributed by atoms with Crippen LogP contribution in [0.3, 0.4) is 0 Å². The topological polar surface area (TPSA) is 213 Å². The van der Waals surface area contributed by atoms with Gasteiger partial charge in [-0.25, -0.2) is 0 Å². The van der Waals surface area contributed by atoms with E-state index in [4.69, 9.17) is 45.0 Å². The van der Waals surface area contributed by atoms with E-state index < -0.39 is 18.5 Å². The van der Waals surface area contributed by atoms with Crippen LogP contribution in [0.5, 0.6) is 0 Å². The molecule has 0 fully saturated rings. The Morgan fingerprint density at radius 2 is 0.714 bits per heavy atom. The van der Waals surface area contributed by atoms with Gasteiger partial charge in [0.15, 0.2) is 0 Å². The van der Waals surface area contributed by atoms with Crippen molar-refractivity contribution in [2.45, 2.75) is 0 Å². The minimum atomic E-state index is -2.08. The minimum absolute atomic E-state index is 0. The fourth-order valence-corrected chi connectivity index (χ4v) is 0. The van der Waals surface area contributed by atoms with Crippen molar-refractivity contribution < 1.29 is 50.5 Å². The van der Waals surface area contributed by atoms with E-state index in [1.807, 2.05) is 0 Å². The van der Waals surface area contributed by atoms with E-state index in [1.54, 1.807) is 0 Å². The third-order valence-corrected chi connectivity index (χ3v) is 0. The van der Waals surface area contributed by atoms with Crippen LogP contribution in [0.15, 0.2) is 0 Å². The average Bonchev–Trinajstić information content (AvgIpc) is 1.54. The minimum Gasteiger partial charge on any atom is -0.565 e. The Labute approximate surface area is 87.1 Å². The predicted octanol–water partition coefficient (Wildman–Crippen LogP) is -4.54. The van der Waals surface area contributed by atoms with E-state index in [0.717, 1.165) is 0 Å². The zero-order chi connectivity index (χ0) is 10.7. The van der Waals surface area contributed by atoms with Crippen molar-refractivity contribution in [3.63, 3.8) is 0 Å². The van der Waals surface area contributed by atoms with Crippen molar-refractivity contribution >= 4 is 35.8 Å². The molecule has 0 aliphatic rings. The number of hydrogen-bond donors (Lipinski definition) is 3. The molecule has 0 aromatic heterocycles. The molecule has 0 aromatic carbocycles. The zero-order valence-electron chi connectivity index (χ0n) is 6.37. The van der Waals surface area contributed by atoms with Gasteiger partial charge >= 0.3 is 17.4 Å². The summed E-state index contributed by atoms with van der Waals surface area (Å²) in [6.07, 6.45) is -6.25. The Kier molecular flexibility index (Phi) is 47.4. The smallest absolute Gasteiger partial charge is 0.565 e. The van der Waals surface area contributed by atoms with Gasteiger partial charge in [-0.2, -0.15) is 0 Å². The number of rotatable bonds is 0. The van der Waals surface area contributed by atoms with E-state index in [1.165, 1.54) is 0 Å². The third kappa shape index (κ3) is 309. The Morgan fingerprint density at radius 1 is 0.714 bits per heavy atom. The second-order valence-electron chi connectivity index (χ2n) is 0.798. The molecular formula is C3H5AlO10. The van der Waals surface area contributed by atoms with E-state index >= 15 is 0 Å². The first-order valence-corrected chi connectivity index (χ1v) is 1.90. The van der Waals surface area contributed by atoms with Gasteiger partial charge in [-0.05, 0) is 0 Å². The molecule has 0 unspecified atom stereocenters. The SMILES string of the molecule is O.O=C([O-])O.O=C([O-])O.O=C([O-])O.[Al+3]. The molecule has 0 amide bonds. The van der Waals surface area contributed by atoms with Gasteiger partial charge in [0, 0.05) is 0 Å². The van der Waals surface area contributed by atoms with Gasteiger partial charge in [0.25, 0.3) is 0 Å². The molecule has 5 N–H and O–H groups in total. The van der Waals surface area contributed by atoms with Crippen LogP contribution in [-0.2, 0) is 0 Å².